The molecule has 2 atom stereocenters. The number of aromatic nitrogens is 1. The summed E-state index contributed by atoms with van der Waals surface area (Å²) in [6.07, 6.45) is 1.77. The Morgan fingerprint density at radius 1 is 1.14 bits per heavy atom. The highest BCUT2D eigenvalue weighted by atomic mass is 35.5. The van der Waals surface area contributed by atoms with Crippen molar-refractivity contribution in [3.05, 3.63) is 102 Å². The number of hydrogen-bond donors (Lipinski definition) is 2. The number of nitrogens with zero attached hydrogens (tertiary/aromatic N) is 2. The molecule has 2 aromatic heterocycles. The quantitative estimate of drug-likeness (QED) is 0.250. The van der Waals surface area contributed by atoms with E-state index >= 15 is 0 Å². The summed E-state index contributed by atoms with van der Waals surface area (Å²) in [6, 6.07) is 24.3. The number of amides is 1. The van der Waals surface area contributed by atoms with E-state index in [2.05, 4.69) is 15.6 Å². The van der Waals surface area contributed by atoms with Crippen LogP contribution in [0.1, 0.15) is 23.5 Å². The first kappa shape index (κ1) is 25.3. The number of carbonyl (C=O) groups excluding carboxylic acids is 1. The normalized spacial score (nSPS) is 17.0. The van der Waals surface area contributed by atoms with E-state index in [1.807, 2.05) is 83.8 Å². The second-order valence-electron chi connectivity index (χ2n) is 8.24. The maximum absolute atomic E-state index is 11.9. The van der Waals surface area contributed by atoms with E-state index in [1.54, 1.807) is 6.20 Å². The van der Waals surface area contributed by atoms with Gasteiger partial charge in [-0.15, -0.1) is 0 Å². The van der Waals surface area contributed by atoms with Gasteiger partial charge in [-0.3, -0.25) is 9.78 Å². The summed E-state index contributed by atoms with van der Waals surface area (Å²) in [5, 5.41) is 8.23. The second kappa shape index (κ2) is 11.4. The summed E-state index contributed by atoms with van der Waals surface area (Å²) in [7, 11) is 1.48. The fourth-order valence-corrected chi connectivity index (χ4v) is 5.37. The lowest BCUT2D eigenvalue weighted by atomic mass is 10.0. The van der Waals surface area contributed by atoms with Crippen LogP contribution in [-0.4, -0.2) is 29.7 Å². The molecule has 1 fully saturated rings. The number of benzene rings is 2. The Bertz CT molecular complexity index is 1380. The number of carbonyl (C=O) groups is 1. The van der Waals surface area contributed by atoms with E-state index < -0.39 is 0 Å². The van der Waals surface area contributed by atoms with Gasteiger partial charge in [0.2, 0.25) is 5.91 Å². The zero-order valence-corrected chi connectivity index (χ0v) is 22.1. The molecule has 2 aromatic carbocycles. The van der Waals surface area contributed by atoms with Crippen LogP contribution in [0.5, 0.6) is 0 Å². The largest absolute Gasteiger partial charge is 0.452 e. The molecule has 2 N–H and O–H groups in total. The fourth-order valence-electron chi connectivity index (χ4n) is 4.12. The van der Waals surface area contributed by atoms with Crippen molar-refractivity contribution in [1.29, 1.82) is 0 Å². The van der Waals surface area contributed by atoms with Crippen LogP contribution in [0.25, 0.3) is 0 Å². The van der Waals surface area contributed by atoms with Gasteiger partial charge in [0.1, 0.15) is 18.4 Å². The standard InChI is InChI=1S/C27H23ClN4O3S2/c1-34-16-23(33)30-18-7-9-19(10-8-18)32-26(25(31-27(32)36)21-4-2-3-15-29-21)22-13-14-24(35-22)37-20-11-5-17(28)6-12-20/h2-15,25-26H,16H2,1H3,(H,30,33)(H,31,36)/t25-,26-/m0/s1. The van der Waals surface area contributed by atoms with Crippen molar-refractivity contribution in [2.24, 2.45) is 0 Å². The van der Waals surface area contributed by atoms with Crippen LogP contribution in [0.2, 0.25) is 5.02 Å². The average Bonchev–Trinajstić information content (AvgIpc) is 3.50. The Kier molecular flexibility index (Phi) is 7.76. The summed E-state index contributed by atoms with van der Waals surface area (Å²) >= 11 is 13.3. The lowest BCUT2D eigenvalue weighted by Crippen LogP contribution is -2.29. The first-order chi connectivity index (χ1) is 18.0. The predicted molar refractivity (Wildman–Crippen MR) is 149 cm³/mol. The molecule has 1 amide bonds. The molecule has 5 rings (SSSR count). The zero-order chi connectivity index (χ0) is 25.8. The monoisotopic (exact) mass is 550 g/mol. The Labute approximate surface area is 229 Å². The molecular formula is C27H23ClN4O3S2. The Morgan fingerprint density at radius 3 is 2.62 bits per heavy atom. The molecule has 4 aromatic rings. The number of pyridine rings is 1. The minimum atomic E-state index is -0.282. The summed E-state index contributed by atoms with van der Waals surface area (Å²) in [5.74, 6) is 0.528. The van der Waals surface area contributed by atoms with E-state index in [0.29, 0.717) is 15.8 Å². The van der Waals surface area contributed by atoms with Crippen LogP contribution < -0.4 is 15.5 Å². The SMILES string of the molecule is COCC(=O)Nc1ccc(N2C(=S)N[C@@H](c3ccccn3)[C@@H]2c2ccc(Sc3ccc(Cl)cc3)o2)cc1. The molecule has 0 saturated carbocycles. The lowest BCUT2D eigenvalue weighted by Gasteiger charge is -2.26. The highest BCUT2D eigenvalue weighted by Gasteiger charge is 2.42. The van der Waals surface area contributed by atoms with E-state index in [0.717, 1.165) is 27.1 Å². The van der Waals surface area contributed by atoms with Gasteiger partial charge in [0.15, 0.2) is 10.2 Å². The van der Waals surface area contributed by atoms with Crippen molar-refractivity contribution in [1.82, 2.24) is 10.3 Å². The molecule has 0 radical (unpaired) electrons. The highest BCUT2D eigenvalue weighted by Crippen LogP contribution is 2.43. The van der Waals surface area contributed by atoms with Gasteiger partial charge in [-0.1, -0.05) is 29.4 Å². The molecule has 1 aliphatic rings. The molecule has 0 unspecified atom stereocenters. The molecular weight excluding hydrogens is 528 g/mol. The van der Waals surface area contributed by atoms with Crippen LogP contribution >= 0.6 is 35.6 Å². The van der Waals surface area contributed by atoms with Gasteiger partial charge in [0.25, 0.3) is 0 Å². The molecule has 0 aliphatic carbocycles. The van der Waals surface area contributed by atoms with Crippen LogP contribution in [0.4, 0.5) is 11.4 Å². The van der Waals surface area contributed by atoms with Crippen molar-refractivity contribution in [3.8, 4) is 0 Å². The third-order valence-electron chi connectivity index (χ3n) is 5.73. The maximum Gasteiger partial charge on any atom is 0.250 e. The van der Waals surface area contributed by atoms with Crippen molar-refractivity contribution < 1.29 is 13.9 Å². The predicted octanol–water partition coefficient (Wildman–Crippen LogP) is 6.24. The number of methoxy groups -OCH3 is 1. The number of hydrogen-bond acceptors (Lipinski definition) is 6. The summed E-state index contributed by atoms with van der Waals surface area (Å²) in [6.45, 7) is -0.00935. The van der Waals surface area contributed by atoms with Crippen molar-refractivity contribution in [3.63, 3.8) is 0 Å². The number of nitrogens with one attached hydrogen (secondary N) is 2. The van der Waals surface area contributed by atoms with Crippen molar-refractivity contribution in [2.45, 2.75) is 22.1 Å². The zero-order valence-electron chi connectivity index (χ0n) is 19.8. The van der Waals surface area contributed by atoms with Gasteiger partial charge < -0.3 is 24.7 Å². The molecule has 1 aliphatic heterocycles. The van der Waals surface area contributed by atoms with Gasteiger partial charge in [-0.25, -0.2) is 0 Å². The first-order valence-corrected chi connectivity index (χ1v) is 13.0. The van der Waals surface area contributed by atoms with E-state index in [1.165, 1.54) is 18.9 Å². The van der Waals surface area contributed by atoms with Crippen LogP contribution in [0, 0.1) is 0 Å². The van der Waals surface area contributed by atoms with Gasteiger partial charge in [0, 0.05) is 34.6 Å². The Hall–Kier alpha value is -3.37. The van der Waals surface area contributed by atoms with E-state index in [-0.39, 0.29) is 24.6 Å². The molecule has 10 heteroatoms. The third kappa shape index (κ3) is 5.80. The molecule has 0 spiro atoms. The minimum Gasteiger partial charge on any atom is -0.452 e. The number of halogens is 1. The van der Waals surface area contributed by atoms with E-state index in [4.69, 9.17) is 33.0 Å². The Balaban J connectivity index is 1.46. The molecule has 188 valence electrons. The first-order valence-electron chi connectivity index (χ1n) is 11.4. The third-order valence-corrected chi connectivity index (χ3v) is 7.22. The minimum absolute atomic E-state index is 0.00935. The number of anilines is 2. The molecule has 0 bridgehead atoms. The number of rotatable bonds is 8. The van der Waals surface area contributed by atoms with Crippen LogP contribution in [0.15, 0.2) is 99.5 Å². The van der Waals surface area contributed by atoms with Crippen molar-refractivity contribution in [2.75, 3.05) is 23.9 Å². The number of thiocarbonyl (C=S) groups is 1. The van der Waals surface area contributed by atoms with Crippen LogP contribution in [0.3, 0.4) is 0 Å². The van der Waals surface area contributed by atoms with Crippen LogP contribution in [-0.2, 0) is 9.53 Å². The second-order valence-corrected chi connectivity index (χ2v) is 10.1. The number of furan rings is 1. The van der Waals surface area contributed by atoms with Gasteiger partial charge in [-0.05, 0) is 85.0 Å². The maximum atomic E-state index is 11.9. The fraction of sp³-hybridized carbons (Fsp3) is 0.148. The van der Waals surface area contributed by atoms with E-state index in [9.17, 15) is 4.79 Å². The lowest BCUT2D eigenvalue weighted by molar-refractivity contribution is -0.119. The topological polar surface area (TPSA) is 79.6 Å². The van der Waals surface area contributed by atoms with Gasteiger partial charge in [0.05, 0.1) is 11.7 Å². The molecule has 3 heterocycles. The summed E-state index contributed by atoms with van der Waals surface area (Å²) in [5.41, 5.74) is 2.37. The van der Waals surface area contributed by atoms with Gasteiger partial charge in [-0.2, -0.15) is 0 Å². The number of ether oxygens (including phenoxy) is 1. The highest BCUT2D eigenvalue weighted by molar-refractivity contribution is 7.99. The molecule has 37 heavy (non-hydrogen) atoms. The molecule has 1 saturated heterocycles. The summed E-state index contributed by atoms with van der Waals surface area (Å²) in [4.78, 5) is 19.5. The van der Waals surface area contributed by atoms with Gasteiger partial charge >= 0.3 is 0 Å². The van der Waals surface area contributed by atoms with Crippen molar-refractivity contribution >= 4 is 58.0 Å². The average molecular weight is 551 g/mol. The Morgan fingerprint density at radius 2 is 1.92 bits per heavy atom. The smallest absolute Gasteiger partial charge is 0.250 e. The molecule has 7 nitrogen and oxygen atoms in total. The summed E-state index contributed by atoms with van der Waals surface area (Å²) < 4.78 is 11.2.